The predicted octanol–water partition coefficient (Wildman–Crippen LogP) is 3.14. The predicted molar refractivity (Wildman–Crippen MR) is 65.8 cm³/mol. The fraction of sp³-hybridized carbons (Fsp3) is 0.667. The quantitative estimate of drug-likeness (QED) is 0.720. The third kappa shape index (κ3) is 2.52. The summed E-state index contributed by atoms with van der Waals surface area (Å²) in [6.45, 7) is 8.96. The molecule has 1 heterocycles. The van der Waals surface area contributed by atoms with Gasteiger partial charge in [-0.05, 0) is 29.6 Å². The molecule has 0 fully saturated rings. The van der Waals surface area contributed by atoms with Crippen LogP contribution in [0.5, 0.6) is 0 Å². The van der Waals surface area contributed by atoms with Crippen LogP contribution < -0.4 is 5.38 Å². The normalized spacial score (nSPS) is 15.9. The zero-order valence-corrected chi connectivity index (χ0v) is 11.4. The molecule has 0 N–H and O–H groups in total. The van der Waals surface area contributed by atoms with Crippen LogP contribution in [0.2, 0.25) is 11.6 Å². The molecule has 0 aromatic carbocycles. The highest BCUT2D eigenvalue weighted by molar-refractivity contribution is 6.86. The topological polar surface area (TPSA) is 22.4 Å². The average Bonchev–Trinajstić information content (AvgIpc) is 2.66. The van der Waals surface area contributed by atoms with Crippen LogP contribution in [0, 0.1) is 5.92 Å². The van der Waals surface area contributed by atoms with E-state index in [1.807, 2.05) is 13.2 Å². The Labute approximate surface area is 93.8 Å². The molecule has 15 heavy (non-hydrogen) atoms. The largest absolute Gasteiger partial charge is 0.471 e. The van der Waals surface area contributed by atoms with Gasteiger partial charge in [0.2, 0.25) is 0 Å². The summed E-state index contributed by atoms with van der Waals surface area (Å²) in [4.78, 5) is 0. The fourth-order valence-corrected chi connectivity index (χ4v) is 6.11. The molecule has 0 saturated heterocycles. The van der Waals surface area contributed by atoms with Crippen molar-refractivity contribution in [2.24, 2.45) is 5.92 Å². The molecule has 0 aliphatic rings. The highest BCUT2D eigenvalue weighted by Gasteiger charge is 2.43. The van der Waals surface area contributed by atoms with Crippen molar-refractivity contribution in [3.8, 4) is 0 Å². The summed E-state index contributed by atoms with van der Waals surface area (Å²) >= 11 is 0. The molecule has 1 atom stereocenters. The van der Waals surface area contributed by atoms with Crippen LogP contribution in [0.4, 0.5) is 0 Å². The van der Waals surface area contributed by atoms with Gasteiger partial charge in [-0.1, -0.05) is 27.7 Å². The molecule has 0 amide bonds. The lowest BCUT2D eigenvalue weighted by Crippen LogP contribution is -2.52. The SMILES string of the molecule is CO[Si](CC(C)C)(c1ccco1)C(C)C. The van der Waals surface area contributed by atoms with Gasteiger partial charge >= 0.3 is 0 Å². The molecule has 3 heteroatoms. The van der Waals surface area contributed by atoms with Crippen LogP contribution in [-0.2, 0) is 4.43 Å². The van der Waals surface area contributed by atoms with Gasteiger partial charge in [0, 0.05) is 7.11 Å². The van der Waals surface area contributed by atoms with Crippen molar-refractivity contribution < 1.29 is 8.84 Å². The molecule has 1 rings (SSSR count). The molecular formula is C12H22O2Si. The van der Waals surface area contributed by atoms with E-state index in [2.05, 4.69) is 33.8 Å². The summed E-state index contributed by atoms with van der Waals surface area (Å²) in [7, 11) is -0.0700. The second-order valence-corrected chi connectivity index (χ2v) is 9.07. The maximum Gasteiger partial charge on any atom is 0.266 e. The second kappa shape index (κ2) is 4.99. The molecular weight excluding hydrogens is 204 g/mol. The summed E-state index contributed by atoms with van der Waals surface area (Å²) in [5, 5.41) is 1.08. The summed E-state index contributed by atoms with van der Waals surface area (Å²) < 4.78 is 11.5. The Balaban J connectivity index is 3.04. The van der Waals surface area contributed by atoms with Crippen LogP contribution in [0.1, 0.15) is 27.7 Å². The highest BCUT2D eigenvalue weighted by atomic mass is 28.4. The first-order valence-electron chi connectivity index (χ1n) is 5.62. The maximum absolute atomic E-state index is 5.90. The van der Waals surface area contributed by atoms with Gasteiger partial charge in [-0.15, -0.1) is 0 Å². The van der Waals surface area contributed by atoms with Gasteiger partial charge in [-0.25, -0.2) is 0 Å². The first kappa shape index (κ1) is 12.5. The highest BCUT2D eigenvalue weighted by Crippen LogP contribution is 2.29. The van der Waals surface area contributed by atoms with Crippen molar-refractivity contribution in [3.05, 3.63) is 18.4 Å². The van der Waals surface area contributed by atoms with E-state index < -0.39 is 8.32 Å². The van der Waals surface area contributed by atoms with Crippen LogP contribution in [0.25, 0.3) is 0 Å². The van der Waals surface area contributed by atoms with Crippen molar-refractivity contribution >= 4 is 13.7 Å². The van der Waals surface area contributed by atoms with Crippen molar-refractivity contribution in [3.63, 3.8) is 0 Å². The Bertz CT molecular complexity index is 280. The van der Waals surface area contributed by atoms with E-state index in [1.165, 1.54) is 0 Å². The van der Waals surface area contributed by atoms with Gasteiger partial charge in [0.15, 0.2) is 0 Å². The molecule has 1 unspecified atom stereocenters. The Hall–Kier alpha value is -0.543. The van der Waals surface area contributed by atoms with Crippen molar-refractivity contribution in [2.45, 2.75) is 39.3 Å². The number of hydrogen-bond acceptors (Lipinski definition) is 2. The van der Waals surface area contributed by atoms with E-state index >= 15 is 0 Å². The fourth-order valence-electron chi connectivity index (χ4n) is 2.17. The van der Waals surface area contributed by atoms with Gasteiger partial charge < -0.3 is 8.84 Å². The summed E-state index contributed by atoms with van der Waals surface area (Å²) in [5.41, 5.74) is 0.538. The molecule has 0 spiro atoms. The van der Waals surface area contributed by atoms with E-state index in [0.717, 1.165) is 11.4 Å². The molecule has 0 saturated carbocycles. The van der Waals surface area contributed by atoms with Crippen molar-refractivity contribution in [2.75, 3.05) is 7.11 Å². The van der Waals surface area contributed by atoms with Gasteiger partial charge in [0.05, 0.1) is 6.26 Å². The molecule has 86 valence electrons. The lowest BCUT2D eigenvalue weighted by molar-refractivity contribution is 0.376. The van der Waals surface area contributed by atoms with Gasteiger partial charge in [0.1, 0.15) is 5.38 Å². The van der Waals surface area contributed by atoms with E-state index in [0.29, 0.717) is 11.5 Å². The summed E-state index contributed by atoms with van der Waals surface area (Å²) in [5.74, 6) is 0.643. The minimum Gasteiger partial charge on any atom is -0.471 e. The van der Waals surface area contributed by atoms with Crippen molar-refractivity contribution in [1.82, 2.24) is 0 Å². The monoisotopic (exact) mass is 226 g/mol. The Kier molecular flexibility index (Phi) is 4.17. The lowest BCUT2D eigenvalue weighted by Gasteiger charge is -2.32. The zero-order valence-electron chi connectivity index (χ0n) is 10.4. The first-order valence-corrected chi connectivity index (χ1v) is 7.81. The molecule has 2 nitrogen and oxygen atoms in total. The number of hydrogen-bond donors (Lipinski definition) is 0. The lowest BCUT2D eigenvalue weighted by atomic mass is 10.3. The minimum atomic E-state index is -1.90. The van der Waals surface area contributed by atoms with E-state index in [4.69, 9.17) is 8.84 Å². The smallest absolute Gasteiger partial charge is 0.266 e. The number of furan rings is 1. The van der Waals surface area contributed by atoms with Crippen molar-refractivity contribution in [1.29, 1.82) is 0 Å². The first-order chi connectivity index (χ1) is 7.03. The number of rotatable bonds is 5. The van der Waals surface area contributed by atoms with Gasteiger partial charge in [-0.3, -0.25) is 0 Å². The second-order valence-electron chi connectivity index (χ2n) is 4.82. The molecule has 0 bridgehead atoms. The Morgan fingerprint density at radius 3 is 2.33 bits per heavy atom. The van der Waals surface area contributed by atoms with Crippen LogP contribution in [-0.4, -0.2) is 15.4 Å². The van der Waals surface area contributed by atoms with E-state index in [9.17, 15) is 0 Å². The molecule has 0 radical (unpaired) electrons. The van der Waals surface area contributed by atoms with Crippen LogP contribution in [0.3, 0.4) is 0 Å². The Morgan fingerprint density at radius 2 is 2.00 bits per heavy atom. The zero-order chi connectivity index (χ0) is 11.5. The minimum absolute atomic E-state index is 0.538. The van der Waals surface area contributed by atoms with Gasteiger partial charge in [0.25, 0.3) is 8.32 Å². The molecule has 1 aromatic rings. The maximum atomic E-state index is 5.90. The third-order valence-corrected chi connectivity index (χ3v) is 8.08. The standard InChI is InChI=1S/C12H22O2Si/c1-10(2)9-15(13-5,11(3)4)12-7-6-8-14-12/h6-8,10-11H,9H2,1-5H3. The average molecular weight is 226 g/mol. The van der Waals surface area contributed by atoms with Crippen LogP contribution in [0.15, 0.2) is 22.8 Å². The Morgan fingerprint density at radius 1 is 1.33 bits per heavy atom. The molecule has 0 aliphatic heterocycles. The molecule has 1 aromatic heterocycles. The van der Waals surface area contributed by atoms with E-state index in [1.54, 1.807) is 6.26 Å². The third-order valence-electron chi connectivity index (χ3n) is 2.95. The van der Waals surface area contributed by atoms with Gasteiger partial charge in [-0.2, -0.15) is 0 Å². The van der Waals surface area contributed by atoms with Crippen LogP contribution >= 0.6 is 0 Å². The summed E-state index contributed by atoms with van der Waals surface area (Å²) in [6, 6.07) is 5.14. The molecule has 0 aliphatic carbocycles. The summed E-state index contributed by atoms with van der Waals surface area (Å²) in [6.07, 6.45) is 1.75. The van der Waals surface area contributed by atoms with E-state index in [-0.39, 0.29) is 0 Å².